The van der Waals surface area contributed by atoms with Gasteiger partial charge in [-0.1, -0.05) is 11.6 Å². The van der Waals surface area contributed by atoms with Crippen LogP contribution < -0.4 is 10.0 Å². The van der Waals surface area contributed by atoms with Gasteiger partial charge in [0.2, 0.25) is 15.9 Å². The number of carbonyl (C=O) groups excluding carboxylic acids is 1. The zero-order chi connectivity index (χ0) is 17.9. The van der Waals surface area contributed by atoms with Crippen molar-refractivity contribution in [3.05, 3.63) is 59.1 Å². The molecular formula is C15H13ClF2N2O3S. The van der Waals surface area contributed by atoms with Gasteiger partial charge >= 0.3 is 0 Å². The van der Waals surface area contributed by atoms with E-state index in [1.54, 1.807) is 0 Å². The molecule has 0 spiro atoms. The van der Waals surface area contributed by atoms with Crippen molar-refractivity contribution in [2.45, 2.75) is 17.9 Å². The molecule has 0 bridgehead atoms. The molecular weight excluding hydrogens is 362 g/mol. The summed E-state index contributed by atoms with van der Waals surface area (Å²) in [4.78, 5) is 11.9. The van der Waals surface area contributed by atoms with E-state index in [9.17, 15) is 22.0 Å². The van der Waals surface area contributed by atoms with Gasteiger partial charge in [0.15, 0.2) is 11.6 Å². The van der Waals surface area contributed by atoms with E-state index in [0.717, 1.165) is 18.2 Å². The summed E-state index contributed by atoms with van der Waals surface area (Å²) < 4.78 is 52.5. The minimum absolute atomic E-state index is 0.0106. The van der Waals surface area contributed by atoms with E-state index in [-0.39, 0.29) is 10.6 Å². The van der Waals surface area contributed by atoms with Gasteiger partial charge in [-0.05, 0) is 43.3 Å². The number of hydrogen-bond donors (Lipinski definition) is 2. The van der Waals surface area contributed by atoms with Crippen molar-refractivity contribution in [1.29, 1.82) is 0 Å². The van der Waals surface area contributed by atoms with Gasteiger partial charge in [-0.3, -0.25) is 4.79 Å². The summed E-state index contributed by atoms with van der Waals surface area (Å²) in [6, 6.07) is 7.08. The number of anilines is 1. The van der Waals surface area contributed by atoms with Crippen molar-refractivity contribution in [2.24, 2.45) is 0 Å². The molecule has 0 fully saturated rings. The topological polar surface area (TPSA) is 75.3 Å². The van der Waals surface area contributed by atoms with Crippen LogP contribution in [0.15, 0.2) is 47.4 Å². The van der Waals surface area contributed by atoms with Gasteiger partial charge in [-0.25, -0.2) is 17.2 Å². The number of benzene rings is 2. The fraction of sp³-hybridized carbons (Fsp3) is 0.133. The van der Waals surface area contributed by atoms with Crippen molar-refractivity contribution in [1.82, 2.24) is 4.72 Å². The van der Waals surface area contributed by atoms with Gasteiger partial charge in [0, 0.05) is 16.8 Å². The lowest BCUT2D eigenvalue weighted by molar-refractivity contribution is -0.117. The van der Waals surface area contributed by atoms with Crippen LogP contribution in [0.1, 0.15) is 6.92 Å². The van der Waals surface area contributed by atoms with E-state index in [4.69, 9.17) is 11.6 Å². The van der Waals surface area contributed by atoms with Crippen molar-refractivity contribution in [3.8, 4) is 0 Å². The molecule has 2 N–H and O–H groups in total. The normalized spacial score (nSPS) is 12.7. The van der Waals surface area contributed by atoms with E-state index in [2.05, 4.69) is 10.0 Å². The highest BCUT2D eigenvalue weighted by molar-refractivity contribution is 7.89. The third-order valence-corrected chi connectivity index (χ3v) is 4.84. The third-order valence-electron chi connectivity index (χ3n) is 3.04. The number of halogens is 3. The summed E-state index contributed by atoms with van der Waals surface area (Å²) in [5.74, 6) is -2.90. The summed E-state index contributed by atoms with van der Waals surface area (Å²) in [5, 5.41) is 2.67. The van der Waals surface area contributed by atoms with Crippen LogP contribution in [0.4, 0.5) is 14.5 Å². The molecule has 0 aliphatic carbocycles. The number of nitrogens with one attached hydrogen (secondary N) is 2. The Kier molecular flexibility index (Phi) is 5.53. The summed E-state index contributed by atoms with van der Waals surface area (Å²) in [5.41, 5.74) is 0.0106. The lowest BCUT2D eigenvalue weighted by atomic mass is 10.2. The molecule has 1 atom stereocenters. The fourth-order valence-corrected chi connectivity index (χ4v) is 3.12. The number of amides is 1. The Balaban J connectivity index is 2.07. The van der Waals surface area contributed by atoms with Crippen LogP contribution in [0.5, 0.6) is 0 Å². The molecule has 5 nitrogen and oxygen atoms in total. The SMILES string of the molecule is C[C@@H](NS(=O)(=O)c1ccc(Cl)cc1)C(=O)Nc1ccc(F)c(F)c1. The Hall–Kier alpha value is -2.03. The number of hydrogen-bond acceptors (Lipinski definition) is 3. The molecule has 0 aromatic heterocycles. The smallest absolute Gasteiger partial charge is 0.242 e. The van der Waals surface area contributed by atoms with E-state index in [1.807, 2.05) is 0 Å². The van der Waals surface area contributed by atoms with Gasteiger partial charge < -0.3 is 5.32 Å². The van der Waals surface area contributed by atoms with Crippen LogP contribution >= 0.6 is 11.6 Å². The van der Waals surface area contributed by atoms with E-state index in [0.29, 0.717) is 5.02 Å². The number of rotatable bonds is 5. The van der Waals surface area contributed by atoms with Crippen LogP contribution in [0.3, 0.4) is 0 Å². The summed E-state index contributed by atoms with van der Waals surface area (Å²) in [6.45, 7) is 1.32. The molecule has 0 aliphatic heterocycles. The Morgan fingerprint density at radius 3 is 2.29 bits per heavy atom. The molecule has 0 heterocycles. The van der Waals surface area contributed by atoms with Gasteiger partial charge in [0.05, 0.1) is 10.9 Å². The van der Waals surface area contributed by atoms with Crippen LogP contribution in [0.2, 0.25) is 5.02 Å². The summed E-state index contributed by atoms with van der Waals surface area (Å²) in [6.07, 6.45) is 0. The standard InChI is InChI=1S/C15H13ClF2N2O3S/c1-9(15(21)19-11-4-7-13(17)14(18)8-11)20-24(22,23)12-5-2-10(16)3-6-12/h2-9,20H,1H3,(H,19,21)/t9-/m1/s1. The lowest BCUT2D eigenvalue weighted by Crippen LogP contribution is -2.41. The quantitative estimate of drug-likeness (QED) is 0.845. The number of sulfonamides is 1. The highest BCUT2D eigenvalue weighted by Gasteiger charge is 2.22. The molecule has 1 amide bonds. The van der Waals surface area contributed by atoms with Gasteiger partial charge in [-0.2, -0.15) is 4.72 Å². The lowest BCUT2D eigenvalue weighted by Gasteiger charge is -2.14. The molecule has 0 radical (unpaired) electrons. The maximum Gasteiger partial charge on any atom is 0.242 e. The average molecular weight is 375 g/mol. The molecule has 2 aromatic rings. The Morgan fingerprint density at radius 2 is 1.71 bits per heavy atom. The summed E-state index contributed by atoms with van der Waals surface area (Å²) >= 11 is 5.70. The first-order chi connectivity index (χ1) is 11.2. The van der Waals surface area contributed by atoms with Crippen molar-refractivity contribution in [2.75, 3.05) is 5.32 Å². The largest absolute Gasteiger partial charge is 0.325 e. The molecule has 128 valence electrons. The van der Waals surface area contributed by atoms with Gasteiger partial charge in [0.1, 0.15) is 0 Å². The zero-order valence-electron chi connectivity index (χ0n) is 12.4. The molecule has 0 aliphatic rings. The highest BCUT2D eigenvalue weighted by atomic mass is 35.5. The highest BCUT2D eigenvalue weighted by Crippen LogP contribution is 2.15. The van der Waals surface area contributed by atoms with Crippen LogP contribution in [0, 0.1) is 11.6 Å². The maximum atomic E-state index is 13.1. The molecule has 2 rings (SSSR count). The van der Waals surface area contributed by atoms with Gasteiger partial charge in [0.25, 0.3) is 0 Å². The first kappa shape index (κ1) is 18.3. The molecule has 24 heavy (non-hydrogen) atoms. The fourth-order valence-electron chi connectivity index (χ4n) is 1.79. The monoisotopic (exact) mass is 374 g/mol. The average Bonchev–Trinajstić information content (AvgIpc) is 2.51. The van der Waals surface area contributed by atoms with Crippen LogP contribution in [-0.4, -0.2) is 20.4 Å². The second-order valence-electron chi connectivity index (χ2n) is 4.92. The molecule has 9 heteroatoms. The Bertz CT molecular complexity index is 858. The Morgan fingerprint density at radius 1 is 1.08 bits per heavy atom. The molecule has 0 saturated heterocycles. The second kappa shape index (κ2) is 7.25. The van der Waals surface area contributed by atoms with Crippen molar-refractivity contribution < 1.29 is 22.0 Å². The molecule has 0 unspecified atom stereocenters. The van der Waals surface area contributed by atoms with E-state index < -0.39 is 33.6 Å². The first-order valence-electron chi connectivity index (χ1n) is 6.73. The third kappa shape index (κ3) is 4.50. The predicted octanol–water partition coefficient (Wildman–Crippen LogP) is 2.92. The minimum Gasteiger partial charge on any atom is -0.325 e. The van der Waals surface area contributed by atoms with Gasteiger partial charge in [-0.15, -0.1) is 0 Å². The molecule has 2 aromatic carbocycles. The number of carbonyl (C=O) groups is 1. The minimum atomic E-state index is -3.93. The van der Waals surface area contributed by atoms with Crippen molar-refractivity contribution in [3.63, 3.8) is 0 Å². The Labute approximate surface area is 142 Å². The van der Waals surface area contributed by atoms with Crippen molar-refractivity contribution >= 4 is 33.2 Å². The van der Waals surface area contributed by atoms with E-state index >= 15 is 0 Å². The van der Waals surface area contributed by atoms with E-state index in [1.165, 1.54) is 31.2 Å². The zero-order valence-corrected chi connectivity index (χ0v) is 14.0. The summed E-state index contributed by atoms with van der Waals surface area (Å²) in [7, 11) is -3.93. The first-order valence-corrected chi connectivity index (χ1v) is 8.59. The molecule has 0 saturated carbocycles. The van der Waals surface area contributed by atoms with Crippen LogP contribution in [0.25, 0.3) is 0 Å². The second-order valence-corrected chi connectivity index (χ2v) is 7.07. The maximum absolute atomic E-state index is 13.1. The van der Waals surface area contributed by atoms with Crippen LogP contribution in [-0.2, 0) is 14.8 Å². The predicted molar refractivity (Wildman–Crippen MR) is 86.2 cm³/mol.